The fraction of sp³-hybridized carbons (Fsp3) is 0.533. The van der Waals surface area contributed by atoms with Crippen LogP contribution in [0.5, 0.6) is 0 Å². The van der Waals surface area contributed by atoms with E-state index in [1.165, 1.54) is 12.1 Å². The van der Waals surface area contributed by atoms with Crippen LogP contribution < -0.4 is 5.73 Å². The van der Waals surface area contributed by atoms with Crippen molar-refractivity contribution in [1.82, 2.24) is 4.90 Å². The predicted molar refractivity (Wildman–Crippen MR) is 77.1 cm³/mol. The molecular formula is C15H22FN3O. The molecule has 2 unspecified atom stereocenters. The van der Waals surface area contributed by atoms with Gasteiger partial charge in [-0.05, 0) is 37.6 Å². The molecule has 4 N–H and O–H groups in total. The van der Waals surface area contributed by atoms with Gasteiger partial charge in [-0.15, -0.1) is 0 Å². The average Bonchev–Trinajstić information content (AvgIpc) is 2.41. The van der Waals surface area contributed by atoms with Crippen molar-refractivity contribution in [2.24, 2.45) is 5.73 Å². The van der Waals surface area contributed by atoms with Crippen molar-refractivity contribution < 1.29 is 9.50 Å². The molecule has 0 aliphatic heterocycles. The maximum Gasteiger partial charge on any atom is 0.123 e. The van der Waals surface area contributed by atoms with Crippen molar-refractivity contribution in [3.05, 3.63) is 35.1 Å². The highest BCUT2D eigenvalue weighted by atomic mass is 19.1. The summed E-state index contributed by atoms with van der Waals surface area (Å²) in [4.78, 5) is 2.07. The van der Waals surface area contributed by atoms with E-state index in [1.54, 1.807) is 6.07 Å². The molecule has 0 aromatic heterocycles. The number of hydrogen-bond acceptors (Lipinski definition) is 3. The molecule has 2 rings (SSSR count). The Morgan fingerprint density at radius 1 is 1.45 bits per heavy atom. The number of aliphatic hydroxyl groups is 1. The van der Waals surface area contributed by atoms with Gasteiger partial charge in [-0.25, -0.2) is 4.39 Å². The predicted octanol–water partition coefficient (Wildman–Crippen LogP) is 1.85. The molecule has 1 fully saturated rings. The van der Waals surface area contributed by atoms with Crippen LogP contribution in [0.25, 0.3) is 0 Å². The zero-order valence-electron chi connectivity index (χ0n) is 11.8. The minimum Gasteiger partial charge on any atom is -0.391 e. The topological polar surface area (TPSA) is 73.3 Å². The van der Waals surface area contributed by atoms with Crippen molar-refractivity contribution in [1.29, 1.82) is 5.41 Å². The second kappa shape index (κ2) is 6.33. The van der Waals surface area contributed by atoms with E-state index < -0.39 is 0 Å². The molecule has 0 amide bonds. The second-order valence-electron chi connectivity index (χ2n) is 5.55. The largest absolute Gasteiger partial charge is 0.391 e. The molecule has 0 radical (unpaired) electrons. The number of halogens is 1. The van der Waals surface area contributed by atoms with Gasteiger partial charge in [0.2, 0.25) is 0 Å². The van der Waals surface area contributed by atoms with E-state index in [4.69, 9.17) is 11.1 Å². The molecule has 0 bridgehead atoms. The molecule has 110 valence electrons. The number of rotatable bonds is 4. The van der Waals surface area contributed by atoms with E-state index in [2.05, 4.69) is 4.90 Å². The summed E-state index contributed by atoms with van der Waals surface area (Å²) in [7, 11) is 1.95. The first kappa shape index (κ1) is 14.9. The Morgan fingerprint density at radius 2 is 2.15 bits per heavy atom. The summed E-state index contributed by atoms with van der Waals surface area (Å²) in [5.41, 5.74) is 6.76. The Morgan fingerprint density at radius 3 is 2.80 bits per heavy atom. The highest BCUT2D eigenvalue weighted by molar-refractivity contribution is 5.96. The number of amidine groups is 1. The average molecular weight is 279 g/mol. The van der Waals surface area contributed by atoms with Crippen LogP contribution in [-0.2, 0) is 6.54 Å². The number of aliphatic hydroxyl groups excluding tert-OH is 1. The van der Waals surface area contributed by atoms with Crippen molar-refractivity contribution >= 4 is 5.84 Å². The molecule has 5 heteroatoms. The van der Waals surface area contributed by atoms with Crippen LogP contribution in [0.3, 0.4) is 0 Å². The van der Waals surface area contributed by atoms with Gasteiger partial charge in [0, 0.05) is 18.2 Å². The number of hydrogen-bond donors (Lipinski definition) is 3. The number of nitrogens with zero attached hydrogens (tertiary/aromatic N) is 1. The lowest BCUT2D eigenvalue weighted by Crippen LogP contribution is -2.43. The lowest BCUT2D eigenvalue weighted by Gasteiger charge is -2.35. The zero-order valence-corrected chi connectivity index (χ0v) is 11.8. The Bertz CT molecular complexity index is 492. The van der Waals surface area contributed by atoms with E-state index in [0.29, 0.717) is 12.1 Å². The molecule has 0 heterocycles. The smallest absolute Gasteiger partial charge is 0.123 e. The maximum atomic E-state index is 13.3. The third-order valence-corrected chi connectivity index (χ3v) is 4.04. The highest BCUT2D eigenvalue weighted by Crippen LogP contribution is 2.24. The van der Waals surface area contributed by atoms with Crippen LogP contribution >= 0.6 is 0 Å². The van der Waals surface area contributed by atoms with Gasteiger partial charge in [-0.3, -0.25) is 10.3 Å². The lowest BCUT2D eigenvalue weighted by molar-refractivity contribution is 0.0288. The number of benzene rings is 1. The summed E-state index contributed by atoms with van der Waals surface area (Å²) in [6.07, 6.45) is 3.68. The van der Waals surface area contributed by atoms with Gasteiger partial charge in [0.05, 0.1) is 6.10 Å². The molecule has 20 heavy (non-hydrogen) atoms. The fourth-order valence-electron chi connectivity index (χ4n) is 2.93. The highest BCUT2D eigenvalue weighted by Gasteiger charge is 2.27. The monoisotopic (exact) mass is 279 g/mol. The number of nitrogens with one attached hydrogen (secondary N) is 1. The third-order valence-electron chi connectivity index (χ3n) is 4.04. The summed E-state index contributed by atoms with van der Waals surface area (Å²) in [6, 6.07) is 4.46. The molecule has 1 aliphatic rings. The minimum absolute atomic E-state index is 0.119. The molecule has 1 aliphatic carbocycles. The van der Waals surface area contributed by atoms with Crippen LogP contribution in [-0.4, -0.2) is 35.0 Å². The standard InChI is InChI=1S/C15H22FN3O/c1-19(13-4-2-3-5-14(13)20)9-10-6-7-11(16)8-12(10)15(17)18/h6-8,13-14,20H,2-5,9H2,1H3,(H3,17,18). The van der Waals surface area contributed by atoms with E-state index in [-0.39, 0.29) is 23.8 Å². The Labute approximate surface area is 118 Å². The van der Waals surface area contributed by atoms with E-state index >= 15 is 0 Å². The van der Waals surface area contributed by atoms with E-state index in [0.717, 1.165) is 31.2 Å². The Balaban J connectivity index is 2.14. The van der Waals surface area contributed by atoms with Gasteiger partial charge in [0.15, 0.2) is 0 Å². The zero-order chi connectivity index (χ0) is 14.7. The summed E-state index contributed by atoms with van der Waals surface area (Å²) >= 11 is 0. The molecule has 0 spiro atoms. The van der Waals surface area contributed by atoms with Crippen molar-refractivity contribution in [3.63, 3.8) is 0 Å². The number of nitrogens with two attached hydrogens (primary N) is 1. The first-order chi connectivity index (χ1) is 9.49. The van der Waals surface area contributed by atoms with Crippen LogP contribution in [0, 0.1) is 11.2 Å². The van der Waals surface area contributed by atoms with Crippen LogP contribution in [0.4, 0.5) is 4.39 Å². The maximum absolute atomic E-state index is 13.3. The van der Waals surface area contributed by atoms with Crippen LogP contribution in [0.15, 0.2) is 18.2 Å². The quantitative estimate of drug-likeness (QED) is 0.581. The molecule has 1 aromatic carbocycles. The lowest BCUT2D eigenvalue weighted by atomic mass is 9.91. The normalized spacial score (nSPS) is 23.0. The fourth-order valence-corrected chi connectivity index (χ4v) is 2.93. The molecule has 4 nitrogen and oxygen atoms in total. The summed E-state index contributed by atoms with van der Waals surface area (Å²) in [5, 5.41) is 17.6. The van der Waals surface area contributed by atoms with E-state index in [9.17, 15) is 9.50 Å². The van der Waals surface area contributed by atoms with Crippen LogP contribution in [0.2, 0.25) is 0 Å². The molecule has 2 atom stereocenters. The van der Waals surface area contributed by atoms with E-state index in [1.807, 2.05) is 7.05 Å². The van der Waals surface area contributed by atoms with Gasteiger partial charge in [-0.2, -0.15) is 0 Å². The van der Waals surface area contributed by atoms with Crippen LogP contribution in [0.1, 0.15) is 36.8 Å². The third kappa shape index (κ3) is 3.35. The second-order valence-corrected chi connectivity index (χ2v) is 5.55. The number of likely N-dealkylation sites (N-methyl/N-ethyl adjacent to an activating group) is 1. The summed E-state index contributed by atoms with van der Waals surface area (Å²) in [6.45, 7) is 0.552. The molecule has 1 saturated carbocycles. The van der Waals surface area contributed by atoms with Crippen molar-refractivity contribution in [2.45, 2.75) is 44.4 Å². The van der Waals surface area contributed by atoms with Gasteiger partial charge >= 0.3 is 0 Å². The summed E-state index contributed by atoms with van der Waals surface area (Å²) < 4.78 is 13.3. The SMILES string of the molecule is CN(Cc1ccc(F)cc1C(=N)N)C1CCCCC1O. The molecular weight excluding hydrogens is 257 g/mol. The van der Waals surface area contributed by atoms with Gasteiger partial charge in [0.1, 0.15) is 11.7 Å². The van der Waals surface area contributed by atoms with Gasteiger partial charge in [0.25, 0.3) is 0 Å². The first-order valence-corrected chi connectivity index (χ1v) is 7.00. The minimum atomic E-state index is -0.390. The molecule has 0 saturated heterocycles. The Hall–Kier alpha value is -1.46. The first-order valence-electron chi connectivity index (χ1n) is 7.00. The Kier molecular flexibility index (Phi) is 4.73. The van der Waals surface area contributed by atoms with Crippen molar-refractivity contribution in [2.75, 3.05) is 7.05 Å². The van der Waals surface area contributed by atoms with Gasteiger partial charge in [-0.1, -0.05) is 18.9 Å². The molecule has 1 aromatic rings. The summed E-state index contributed by atoms with van der Waals surface area (Å²) in [5.74, 6) is -0.517. The van der Waals surface area contributed by atoms with Crippen molar-refractivity contribution in [3.8, 4) is 0 Å². The van der Waals surface area contributed by atoms with Gasteiger partial charge < -0.3 is 10.8 Å². The number of nitrogen functional groups attached to an aromatic ring is 1.